The zero-order valence-corrected chi connectivity index (χ0v) is 13.4. The van der Waals surface area contributed by atoms with E-state index in [0.29, 0.717) is 11.5 Å². The minimum Gasteiger partial charge on any atom is -0.373 e. The minimum absolute atomic E-state index is 0.00531. The molecule has 25 heavy (non-hydrogen) atoms. The molecule has 2 saturated heterocycles. The second-order valence-corrected chi connectivity index (χ2v) is 6.33. The van der Waals surface area contributed by atoms with Crippen LogP contribution < -0.4 is 10.5 Å². The van der Waals surface area contributed by atoms with Gasteiger partial charge in [-0.05, 0) is 6.42 Å². The van der Waals surface area contributed by atoms with E-state index in [4.69, 9.17) is 4.74 Å². The lowest BCUT2D eigenvalue weighted by Gasteiger charge is -2.38. The van der Waals surface area contributed by atoms with Crippen LogP contribution in [0.25, 0.3) is 11.5 Å². The van der Waals surface area contributed by atoms with Crippen molar-refractivity contribution in [3.8, 4) is 11.5 Å². The molecule has 3 aromatic rings. The monoisotopic (exact) mass is 340 g/mol. The number of nitrogens with zero attached hydrogens (tertiary/aromatic N) is 7. The Bertz CT molecular complexity index is 956. The Kier molecular flexibility index (Phi) is 3.01. The van der Waals surface area contributed by atoms with Crippen molar-refractivity contribution in [2.24, 2.45) is 0 Å². The van der Waals surface area contributed by atoms with E-state index in [9.17, 15) is 4.79 Å². The summed E-state index contributed by atoms with van der Waals surface area (Å²) < 4.78 is 8.53. The van der Waals surface area contributed by atoms with E-state index in [1.807, 2.05) is 0 Å². The highest BCUT2D eigenvalue weighted by Crippen LogP contribution is 2.37. The molecule has 1 unspecified atom stereocenters. The van der Waals surface area contributed by atoms with E-state index < -0.39 is 0 Å². The molecule has 0 aromatic carbocycles. The molecule has 3 aromatic heterocycles. The fraction of sp³-hybridized carbons (Fsp3) is 0.400. The smallest absolute Gasteiger partial charge is 0.298 e. The first-order valence-corrected chi connectivity index (χ1v) is 8.13. The van der Waals surface area contributed by atoms with E-state index in [1.54, 1.807) is 18.5 Å². The largest absolute Gasteiger partial charge is 0.373 e. The van der Waals surface area contributed by atoms with Gasteiger partial charge < -0.3 is 9.64 Å². The molecule has 2 fully saturated rings. The summed E-state index contributed by atoms with van der Waals surface area (Å²) in [4.78, 5) is 23.4. The second-order valence-electron chi connectivity index (χ2n) is 6.33. The summed E-state index contributed by atoms with van der Waals surface area (Å²) in [5.41, 5.74) is 0.116. The van der Waals surface area contributed by atoms with E-state index in [0.717, 1.165) is 38.4 Å². The normalized spacial score (nSPS) is 22.5. The van der Waals surface area contributed by atoms with E-state index >= 15 is 0 Å². The third kappa shape index (κ3) is 2.25. The zero-order chi connectivity index (χ0) is 16.9. The number of aromatic nitrogens is 7. The highest BCUT2D eigenvalue weighted by Gasteiger charge is 2.44. The Labute approximate surface area is 142 Å². The first-order chi connectivity index (χ1) is 12.2. The Balaban J connectivity index is 1.47. The molecule has 2 aliphatic rings. The van der Waals surface area contributed by atoms with Crippen LogP contribution in [0.4, 0.5) is 5.82 Å². The van der Waals surface area contributed by atoms with Crippen LogP contribution in [-0.4, -0.2) is 60.0 Å². The first-order valence-electron chi connectivity index (χ1n) is 8.13. The molecule has 0 aliphatic carbocycles. The van der Waals surface area contributed by atoms with Crippen molar-refractivity contribution in [2.75, 3.05) is 24.6 Å². The molecule has 5 rings (SSSR count). The molecule has 1 atom stereocenters. The Morgan fingerprint density at radius 3 is 2.84 bits per heavy atom. The van der Waals surface area contributed by atoms with Crippen LogP contribution in [-0.2, 0) is 4.74 Å². The van der Waals surface area contributed by atoms with Crippen molar-refractivity contribution in [3.05, 3.63) is 41.3 Å². The number of hydrogen-bond donors (Lipinski definition) is 1. The van der Waals surface area contributed by atoms with Gasteiger partial charge in [0.1, 0.15) is 12.1 Å². The number of rotatable bonds is 3. The van der Waals surface area contributed by atoms with Gasteiger partial charge in [-0.1, -0.05) is 5.21 Å². The van der Waals surface area contributed by atoms with Crippen LogP contribution >= 0.6 is 0 Å². The third-order valence-corrected chi connectivity index (χ3v) is 4.90. The summed E-state index contributed by atoms with van der Waals surface area (Å²) >= 11 is 0. The molecule has 0 amide bonds. The molecular formula is C15H16N8O2. The lowest BCUT2D eigenvalue weighted by atomic mass is 9.94. The molecular weight excluding hydrogens is 324 g/mol. The molecule has 0 bridgehead atoms. The van der Waals surface area contributed by atoms with Gasteiger partial charge in [0.05, 0.1) is 30.8 Å². The fourth-order valence-electron chi connectivity index (χ4n) is 3.42. The maximum Gasteiger partial charge on any atom is 0.298 e. The number of nitrogens with one attached hydrogen (secondary N) is 1. The van der Waals surface area contributed by atoms with Crippen molar-refractivity contribution >= 4 is 5.82 Å². The Hall–Kier alpha value is -3.01. The average Bonchev–Trinajstić information content (AvgIpc) is 3.33. The predicted molar refractivity (Wildman–Crippen MR) is 87.0 cm³/mol. The Morgan fingerprint density at radius 2 is 2.12 bits per heavy atom. The van der Waals surface area contributed by atoms with Crippen LogP contribution in [0.2, 0.25) is 0 Å². The van der Waals surface area contributed by atoms with Gasteiger partial charge in [-0.15, -0.1) is 5.10 Å². The number of anilines is 1. The van der Waals surface area contributed by atoms with Crippen molar-refractivity contribution in [1.29, 1.82) is 0 Å². The van der Waals surface area contributed by atoms with Crippen molar-refractivity contribution < 1.29 is 4.74 Å². The average molecular weight is 340 g/mol. The molecule has 0 radical (unpaired) electrons. The van der Waals surface area contributed by atoms with Gasteiger partial charge in [0, 0.05) is 25.6 Å². The van der Waals surface area contributed by atoms with Crippen LogP contribution in [0.5, 0.6) is 0 Å². The highest BCUT2D eigenvalue weighted by atomic mass is 16.5. The van der Waals surface area contributed by atoms with Crippen molar-refractivity contribution in [1.82, 2.24) is 34.7 Å². The van der Waals surface area contributed by atoms with Crippen LogP contribution in [0.15, 0.2) is 35.8 Å². The van der Waals surface area contributed by atoms with Gasteiger partial charge in [-0.3, -0.25) is 9.89 Å². The maximum atomic E-state index is 12.6. The lowest BCUT2D eigenvalue weighted by molar-refractivity contribution is -0.130. The zero-order valence-electron chi connectivity index (χ0n) is 13.4. The number of aromatic amines is 1. The second kappa shape index (κ2) is 5.24. The van der Waals surface area contributed by atoms with E-state index in [1.165, 1.54) is 21.9 Å². The highest BCUT2D eigenvalue weighted by molar-refractivity contribution is 5.45. The molecule has 2 aliphatic heterocycles. The first kappa shape index (κ1) is 14.3. The SMILES string of the molecule is O=c1c(-n2ccnn2)c[nH]n1-c1cc(N2CCC3(CCO3)C2)ncn1. The number of hydrogen-bond acceptors (Lipinski definition) is 7. The summed E-state index contributed by atoms with van der Waals surface area (Å²) in [5.74, 6) is 1.28. The maximum absolute atomic E-state index is 12.6. The Morgan fingerprint density at radius 1 is 1.24 bits per heavy atom. The van der Waals surface area contributed by atoms with E-state index in [-0.39, 0.29) is 11.2 Å². The summed E-state index contributed by atoms with van der Waals surface area (Å²) in [5, 5.41) is 10.5. The molecule has 10 nitrogen and oxygen atoms in total. The predicted octanol–water partition coefficient (Wildman–Crippen LogP) is -0.0945. The fourth-order valence-corrected chi connectivity index (χ4v) is 3.42. The lowest BCUT2D eigenvalue weighted by Crippen LogP contribution is -2.46. The van der Waals surface area contributed by atoms with Gasteiger partial charge in [0.2, 0.25) is 0 Å². The van der Waals surface area contributed by atoms with Crippen molar-refractivity contribution in [3.63, 3.8) is 0 Å². The molecule has 0 saturated carbocycles. The summed E-state index contributed by atoms with van der Waals surface area (Å²) in [6.07, 6.45) is 8.28. The molecule has 5 heterocycles. The number of ether oxygens (including phenoxy) is 1. The van der Waals surface area contributed by atoms with Crippen LogP contribution in [0, 0.1) is 0 Å². The van der Waals surface area contributed by atoms with Gasteiger partial charge in [0.25, 0.3) is 5.56 Å². The quantitative estimate of drug-likeness (QED) is 0.710. The van der Waals surface area contributed by atoms with Gasteiger partial charge in [0.15, 0.2) is 11.5 Å². The van der Waals surface area contributed by atoms with Crippen LogP contribution in [0.3, 0.4) is 0 Å². The van der Waals surface area contributed by atoms with E-state index in [2.05, 4.69) is 30.3 Å². The molecule has 1 N–H and O–H groups in total. The van der Waals surface area contributed by atoms with Crippen LogP contribution in [0.1, 0.15) is 12.8 Å². The topological polar surface area (TPSA) is 107 Å². The summed E-state index contributed by atoms with van der Waals surface area (Å²) in [7, 11) is 0. The minimum atomic E-state index is -0.254. The van der Waals surface area contributed by atoms with Gasteiger partial charge >= 0.3 is 0 Å². The number of H-pyrrole nitrogens is 1. The molecule has 1 spiro atoms. The summed E-state index contributed by atoms with van der Waals surface area (Å²) in [6.45, 7) is 2.55. The molecule has 128 valence electrons. The van der Waals surface area contributed by atoms with Crippen molar-refractivity contribution in [2.45, 2.75) is 18.4 Å². The van der Waals surface area contributed by atoms with Gasteiger partial charge in [-0.2, -0.15) is 4.68 Å². The standard InChI is InChI=1S/C15H16N8O2/c24-14-11(22-5-3-18-20-22)8-19-23(14)13-7-12(16-10-17-13)21-4-1-15(9-21)2-6-25-15/h3,5,7-8,10,19H,1-2,4,6,9H2. The third-order valence-electron chi connectivity index (χ3n) is 4.90. The van der Waals surface area contributed by atoms with Gasteiger partial charge in [-0.25, -0.2) is 14.6 Å². The summed E-state index contributed by atoms with van der Waals surface area (Å²) in [6, 6.07) is 1.81. The molecule has 10 heteroatoms.